The Kier molecular flexibility index (Phi) is 5.11. The fraction of sp³-hybridized carbons (Fsp3) is 0.300. The summed E-state index contributed by atoms with van der Waals surface area (Å²) in [4.78, 5) is 11.9. The van der Waals surface area contributed by atoms with Crippen LogP contribution in [0.1, 0.15) is 25.0 Å². The zero-order valence-corrected chi connectivity index (χ0v) is 15.1. The lowest BCUT2D eigenvalue weighted by molar-refractivity contribution is -0.123. The zero-order valence-electron chi connectivity index (χ0n) is 15.1. The summed E-state index contributed by atoms with van der Waals surface area (Å²) in [5, 5.41) is 3.93. The van der Waals surface area contributed by atoms with Crippen LogP contribution in [0.3, 0.4) is 0 Å². The van der Waals surface area contributed by atoms with E-state index >= 15 is 0 Å². The minimum absolute atomic E-state index is 0.143. The number of benzene rings is 2. The molecule has 1 aliphatic heterocycles. The first kappa shape index (κ1) is 17.8. The predicted octanol–water partition coefficient (Wildman–Crippen LogP) is 2.94. The first-order chi connectivity index (χ1) is 12.5. The largest absolute Gasteiger partial charge is 0.497 e. The number of rotatable bonds is 6. The summed E-state index contributed by atoms with van der Waals surface area (Å²) in [6.07, 6.45) is 2.36. The number of carbonyl (C=O) groups is 1. The zero-order chi connectivity index (χ0) is 18.6. The van der Waals surface area contributed by atoms with Crippen LogP contribution in [-0.4, -0.2) is 31.4 Å². The van der Waals surface area contributed by atoms with E-state index in [0.29, 0.717) is 11.5 Å². The minimum atomic E-state index is -0.348. The van der Waals surface area contributed by atoms with Crippen molar-refractivity contribution in [2.45, 2.75) is 25.9 Å². The molecule has 0 fully saturated rings. The molecule has 2 aromatic rings. The molecule has 1 aliphatic rings. The number of ether oxygens (including phenoxy) is 3. The Morgan fingerprint density at radius 3 is 2.92 bits per heavy atom. The third kappa shape index (κ3) is 4.33. The quantitative estimate of drug-likeness (QED) is 0.640. The maximum absolute atomic E-state index is 11.9. The Morgan fingerprint density at radius 1 is 1.31 bits per heavy atom. The van der Waals surface area contributed by atoms with Crippen LogP contribution in [-0.2, 0) is 11.2 Å². The SMILES string of the molecule is COc1cccc(/C=N/NC(=O)COc2cccc3c2OC(C)(C)C3)c1. The molecule has 136 valence electrons. The van der Waals surface area contributed by atoms with E-state index in [4.69, 9.17) is 14.2 Å². The topological polar surface area (TPSA) is 69.2 Å². The standard InChI is InChI=1S/C20H22N2O4/c1-20(2)11-15-7-5-9-17(19(15)26-20)25-13-18(23)22-21-12-14-6-4-8-16(10-14)24-3/h4-10,12H,11,13H2,1-3H3,(H,22,23)/b21-12+. The molecule has 0 atom stereocenters. The van der Waals surface area contributed by atoms with E-state index in [1.54, 1.807) is 19.4 Å². The van der Waals surface area contributed by atoms with E-state index in [2.05, 4.69) is 10.5 Å². The van der Waals surface area contributed by atoms with Gasteiger partial charge in [0.25, 0.3) is 5.91 Å². The normalized spacial score (nSPS) is 14.6. The predicted molar refractivity (Wildman–Crippen MR) is 99.1 cm³/mol. The monoisotopic (exact) mass is 354 g/mol. The molecule has 0 unspecified atom stereocenters. The van der Waals surface area contributed by atoms with Gasteiger partial charge in [0.1, 0.15) is 11.4 Å². The first-order valence-corrected chi connectivity index (χ1v) is 8.36. The number of nitrogens with one attached hydrogen (secondary N) is 1. The van der Waals surface area contributed by atoms with Gasteiger partial charge in [0.2, 0.25) is 0 Å². The molecule has 6 heteroatoms. The van der Waals surface area contributed by atoms with Crippen LogP contribution in [0.4, 0.5) is 0 Å². The van der Waals surface area contributed by atoms with Crippen LogP contribution in [0.2, 0.25) is 0 Å². The van der Waals surface area contributed by atoms with E-state index in [0.717, 1.165) is 23.3 Å². The number of methoxy groups -OCH3 is 1. The third-order valence-corrected chi connectivity index (χ3v) is 3.91. The van der Waals surface area contributed by atoms with Crippen LogP contribution in [0.15, 0.2) is 47.6 Å². The molecule has 0 saturated heterocycles. The fourth-order valence-electron chi connectivity index (χ4n) is 2.78. The van der Waals surface area contributed by atoms with Gasteiger partial charge >= 0.3 is 0 Å². The lowest BCUT2D eigenvalue weighted by atomic mass is 10.0. The summed E-state index contributed by atoms with van der Waals surface area (Å²) in [6, 6.07) is 13.1. The van der Waals surface area contributed by atoms with Crippen molar-refractivity contribution in [1.29, 1.82) is 0 Å². The van der Waals surface area contributed by atoms with Gasteiger partial charge in [0.05, 0.1) is 13.3 Å². The second-order valence-corrected chi connectivity index (χ2v) is 6.64. The van der Waals surface area contributed by atoms with E-state index in [1.807, 2.05) is 50.2 Å². The van der Waals surface area contributed by atoms with Gasteiger partial charge in [0, 0.05) is 12.0 Å². The highest BCUT2D eigenvalue weighted by atomic mass is 16.5. The second kappa shape index (κ2) is 7.47. The van der Waals surface area contributed by atoms with Gasteiger partial charge in [-0.15, -0.1) is 0 Å². The Balaban J connectivity index is 1.54. The van der Waals surface area contributed by atoms with Crippen molar-refractivity contribution < 1.29 is 19.0 Å². The van der Waals surface area contributed by atoms with Gasteiger partial charge in [-0.1, -0.05) is 24.3 Å². The Bertz CT molecular complexity index is 830. The van der Waals surface area contributed by atoms with Crippen LogP contribution in [0.5, 0.6) is 17.2 Å². The van der Waals surface area contributed by atoms with Crippen molar-refractivity contribution in [3.05, 3.63) is 53.6 Å². The van der Waals surface area contributed by atoms with Crippen LogP contribution in [0.25, 0.3) is 0 Å². The van der Waals surface area contributed by atoms with Crippen molar-refractivity contribution in [2.24, 2.45) is 5.10 Å². The molecule has 0 saturated carbocycles. The Hall–Kier alpha value is -3.02. The highest BCUT2D eigenvalue weighted by Crippen LogP contribution is 2.41. The lowest BCUT2D eigenvalue weighted by Gasteiger charge is -2.18. The van der Waals surface area contributed by atoms with Gasteiger partial charge in [-0.25, -0.2) is 5.43 Å². The van der Waals surface area contributed by atoms with Crippen LogP contribution in [0, 0.1) is 0 Å². The summed E-state index contributed by atoms with van der Waals surface area (Å²) < 4.78 is 16.7. The van der Waals surface area contributed by atoms with E-state index < -0.39 is 0 Å². The minimum Gasteiger partial charge on any atom is -0.497 e. The van der Waals surface area contributed by atoms with Crippen molar-refractivity contribution in [1.82, 2.24) is 5.43 Å². The fourth-order valence-corrected chi connectivity index (χ4v) is 2.78. The van der Waals surface area contributed by atoms with Crippen LogP contribution < -0.4 is 19.6 Å². The number of nitrogens with zero attached hydrogens (tertiary/aromatic N) is 1. The van der Waals surface area contributed by atoms with Crippen molar-refractivity contribution in [2.75, 3.05) is 13.7 Å². The van der Waals surface area contributed by atoms with Crippen molar-refractivity contribution in [3.8, 4) is 17.2 Å². The molecule has 1 heterocycles. The summed E-state index contributed by atoms with van der Waals surface area (Å²) in [5.41, 5.74) is 4.10. The van der Waals surface area contributed by atoms with Crippen molar-refractivity contribution in [3.63, 3.8) is 0 Å². The van der Waals surface area contributed by atoms with Crippen molar-refractivity contribution >= 4 is 12.1 Å². The third-order valence-electron chi connectivity index (χ3n) is 3.91. The highest BCUT2D eigenvalue weighted by Gasteiger charge is 2.32. The second-order valence-electron chi connectivity index (χ2n) is 6.64. The molecule has 1 N–H and O–H groups in total. The van der Waals surface area contributed by atoms with Gasteiger partial charge in [-0.2, -0.15) is 5.10 Å². The van der Waals surface area contributed by atoms with E-state index in [1.165, 1.54) is 0 Å². The number of para-hydroxylation sites is 1. The maximum Gasteiger partial charge on any atom is 0.277 e. The molecule has 0 aliphatic carbocycles. The van der Waals surface area contributed by atoms with Gasteiger partial charge in [-0.05, 0) is 37.6 Å². The summed E-state index contributed by atoms with van der Waals surface area (Å²) in [5.74, 6) is 1.66. The molecule has 0 aromatic heterocycles. The molecular formula is C20H22N2O4. The van der Waals surface area contributed by atoms with E-state index in [9.17, 15) is 4.79 Å². The van der Waals surface area contributed by atoms with Crippen LogP contribution >= 0.6 is 0 Å². The van der Waals surface area contributed by atoms with E-state index in [-0.39, 0.29) is 18.1 Å². The molecule has 2 aromatic carbocycles. The number of hydrogen-bond donors (Lipinski definition) is 1. The molecule has 26 heavy (non-hydrogen) atoms. The number of fused-ring (bicyclic) bond motifs is 1. The Morgan fingerprint density at radius 2 is 2.12 bits per heavy atom. The smallest absolute Gasteiger partial charge is 0.277 e. The first-order valence-electron chi connectivity index (χ1n) is 8.36. The molecular weight excluding hydrogens is 332 g/mol. The summed E-state index contributed by atoms with van der Waals surface area (Å²) >= 11 is 0. The summed E-state index contributed by atoms with van der Waals surface area (Å²) in [6.45, 7) is 3.91. The number of carbonyl (C=O) groups excluding carboxylic acids is 1. The molecule has 0 spiro atoms. The number of hydrazone groups is 1. The summed E-state index contributed by atoms with van der Waals surface area (Å²) in [7, 11) is 1.60. The highest BCUT2D eigenvalue weighted by molar-refractivity contribution is 5.83. The Labute approximate surface area is 152 Å². The van der Waals surface area contributed by atoms with Gasteiger partial charge in [-0.3, -0.25) is 4.79 Å². The molecule has 3 rings (SSSR count). The average Bonchev–Trinajstić information content (AvgIpc) is 2.94. The maximum atomic E-state index is 11.9. The molecule has 0 radical (unpaired) electrons. The number of amides is 1. The molecule has 1 amide bonds. The van der Waals surface area contributed by atoms with Gasteiger partial charge in [0.15, 0.2) is 18.1 Å². The average molecular weight is 354 g/mol. The molecule has 6 nitrogen and oxygen atoms in total. The lowest BCUT2D eigenvalue weighted by Crippen LogP contribution is -2.26. The number of hydrogen-bond acceptors (Lipinski definition) is 5. The molecule has 0 bridgehead atoms. The van der Waals surface area contributed by atoms with Gasteiger partial charge < -0.3 is 14.2 Å².